The number of piperazine rings is 1. The number of carbonyl (C=O) groups is 1. The molecule has 1 N–H and O–H groups in total. The average Bonchev–Trinajstić information content (AvgIpc) is 3.18. The summed E-state index contributed by atoms with van der Waals surface area (Å²) in [6.07, 6.45) is 8.28. The van der Waals surface area contributed by atoms with Gasteiger partial charge >= 0.3 is 0 Å². The summed E-state index contributed by atoms with van der Waals surface area (Å²) in [4.78, 5) is 17.4. The van der Waals surface area contributed by atoms with E-state index >= 15 is 0 Å². The van der Waals surface area contributed by atoms with E-state index in [0.29, 0.717) is 18.7 Å². The van der Waals surface area contributed by atoms with E-state index < -0.39 is 0 Å². The molecule has 2 aromatic carbocycles. The number of hydrogen-bond acceptors (Lipinski definition) is 4. The van der Waals surface area contributed by atoms with Gasteiger partial charge in [0, 0.05) is 37.9 Å². The van der Waals surface area contributed by atoms with Gasteiger partial charge in [0.15, 0.2) is 0 Å². The molecule has 0 aromatic heterocycles. The summed E-state index contributed by atoms with van der Waals surface area (Å²) in [5, 5.41) is 3.18. The normalized spacial score (nSPS) is 21.3. The highest BCUT2D eigenvalue weighted by Gasteiger charge is 2.32. The van der Waals surface area contributed by atoms with Gasteiger partial charge in [0.2, 0.25) is 5.91 Å². The van der Waals surface area contributed by atoms with Gasteiger partial charge in [-0.2, -0.15) is 0 Å². The van der Waals surface area contributed by atoms with Crippen molar-refractivity contribution in [1.82, 2.24) is 10.2 Å². The Bertz CT molecular complexity index is 938. The highest BCUT2D eigenvalue weighted by Crippen LogP contribution is 2.38. The van der Waals surface area contributed by atoms with Crippen LogP contribution in [0.15, 0.2) is 48.5 Å². The van der Waals surface area contributed by atoms with Gasteiger partial charge in [-0.3, -0.25) is 9.69 Å². The third-order valence-corrected chi connectivity index (χ3v) is 7.57. The summed E-state index contributed by atoms with van der Waals surface area (Å²) < 4.78 is 5.79. The zero-order chi connectivity index (χ0) is 22.5. The van der Waals surface area contributed by atoms with Gasteiger partial charge in [-0.25, -0.2) is 0 Å². The topological polar surface area (TPSA) is 44.8 Å². The number of fused-ring (bicyclic) bond motifs is 5. The van der Waals surface area contributed by atoms with E-state index in [-0.39, 0.29) is 12.5 Å². The number of nitrogens with zero attached hydrogens (tertiary/aromatic N) is 2. The molecule has 2 aliphatic heterocycles. The molecule has 2 aromatic rings. The van der Waals surface area contributed by atoms with E-state index in [1.807, 2.05) is 0 Å². The maximum Gasteiger partial charge on any atom is 0.246 e. The lowest BCUT2D eigenvalue weighted by molar-refractivity contribution is -0.126. The first-order valence-corrected chi connectivity index (χ1v) is 12.8. The summed E-state index contributed by atoms with van der Waals surface area (Å²) in [7, 11) is 0. The molecule has 2 heterocycles. The zero-order valence-electron chi connectivity index (χ0n) is 19.7. The van der Waals surface area contributed by atoms with Crippen LogP contribution in [-0.4, -0.2) is 56.2 Å². The predicted octanol–water partition coefficient (Wildman–Crippen LogP) is 4.31. The molecule has 2 fully saturated rings. The lowest BCUT2D eigenvalue weighted by atomic mass is 9.96. The van der Waals surface area contributed by atoms with Crippen LogP contribution >= 0.6 is 0 Å². The highest BCUT2D eigenvalue weighted by molar-refractivity contribution is 5.77. The van der Waals surface area contributed by atoms with Gasteiger partial charge in [0.25, 0.3) is 0 Å². The number of para-hydroxylation sites is 1. The summed E-state index contributed by atoms with van der Waals surface area (Å²) in [5.41, 5.74) is 5.68. The molecule has 33 heavy (non-hydrogen) atoms. The van der Waals surface area contributed by atoms with Crippen LogP contribution in [0.1, 0.15) is 61.3 Å². The number of hydrogen-bond donors (Lipinski definition) is 1. The highest BCUT2D eigenvalue weighted by atomic mass is 16.5. The Morgan fingerprint density at radius 2 is 1.70 bits per heavy atom. The van der Waals surface area contributed by atoms with Gasteiger partial charge in [-0.05, 0) is 42.0 Å². The predicted molar refractivity (Wildman–Crippen MR) is 133 cm³/mol. The Labute approximate surface area is 198 Å². The Balaban J connectivity index is 1.15. The molecule has 3 aliphatic rings. The summed E-state index contributed by atoms with van der Waals surface area (Å²) in [6.45, 7) is 4.66. The molecule has 0 spiro atoms. The second-order valence-electron chi connectivity index (χ2n) is 9.82. The van der Waals surface area contributed by atoms with Crippen molar-refractivity contribution < 1.29 is 9.53 Å². The van der Waals surface area contributed by atoms with Gasteiger partial charge in [0.05, 0.1) is 12.6 Å². The number of ether oxygens (including phenoxy) is 1. The lowest BCUT2D eigenvalue weighted by Crippen LogP contribution is -2.49. The summed E-state index contributed by atoms with van der Waals surface area (Å²) >= 11 is 0. The Morgan fingerprint density at radius 1 is 0.939 bits per heavy atom. The molecule has 1 unspecified atom stereocenters. The van der Waals surface area contributed by atoms with Crippen molar-refractivity contribution >= 4 is 11.6 Å². The van der Waals surface area contributed by atoms with E-state index in [4.69, 9.17) is 4.74 Å². The fourth-order valence-corrected chi connectivity index (χ4v) is 5.81. The molecule has 1 saturated carbocycles. The molecule has 1 amide bonds. The molecule has 1 saturated heterocycles. The Kier molecular flexibility index (Phi) is 7.27. The number of anilines is 1. The second-order valence-corrected chi connectivity index (χ2v) is 9.82. The van der Waals surface area contributed by atoms with Crippen molar-refractivity contribution in [3.8, 4) is 0 Å². The quantitative estimate of drug-likeness (QED) is 0.529. The van der Waals surface area contributed by atoms with Crippen LogP contribution in [0.4, 0.5) is 5.69 Å². The number of benzene rings is 2. The van der Waals surface area contributed by atoms with Crippen LogP contribution in [0.3, 0.4) is 0 Å². The van der Waals surface area contributed by atoms with Gasteiger partial charge in [0.1, 0.15) is 6.61 Å². The van der Waals surface area contributed by atoms with Crippen LogP contribution in [0.2, 0.25) is 0 Å². The first kappa shape index (κ1) is 22.4. The van der Waals surface area contributed by atoms with Gasteiger partial charge in [-0.1, -0.05) is 68.1 Å². The minimum atomic E-state index is 0.0426. The van der Waals surface area contributed by atoms with Crippen molar-refractivity contribution in [3.63, 3.8) is 0 Å². The monoisotopic (exact) mass is 447 g/mol. The van der Waals surface area contributed by atoms with Crippen LogP contribution in [0.25, 0.3) is 0 Å². The molecular weight excluding hydrogens is 410 g/mol. The molecule has 0 bridgehead atoms. The SMILES string of the molecule is O=C(COCCN1CCN2c3ccccc3Cc3ccccc3C2C1)NC1CCCCCC1. The average molecular weight is 448 g/mol. The van der Waals surface area contributed by atoms with E-state index in [9.17, 15) is 4.79 Å². The van der Waals surface area contributed by atoms with E-state index in [2.05, 4.69) is 63.6 Å². The van der Waals surface area contributed by atoms with Crippen molar-refractivity contribution in [1.29, 1.82) is 0 Å². The van der Waals surface area contributed by atoms with Crippen molar-refractivity contribution in [2.45, 2.75) is 57.0 Å². The maximum atomic E-state index is 12.3. The molecule has 176 valence electrons. The second kappa shape index (κ2) is 10.7. The standard InChI is InChI=1S/C28H37N3O2/c32-28(29-24-11-3-1-2-4-12-24)21-33-18-17-30-15-16-31-26-14-8-6-10-23(26)19-22-9-5-7-13-25(22)27(31)20-30/h5-10,13-14,24,27H,1-4,11-12,15-21H2,(H,29,32). The third-order valence-electron chi connectivity index (χ3n) is 7.57. The molecule has 0 radical (unpaired) electrons. The number of amides is 1. The summed E-state index contributed by atoms with van der Waals surface area (Å²) in [5.74, 6) is 0.0426. The largest absolute Gasteiger partial charge is 0.370 e. The smallest absolute Gasteiger partial charge is 0.246 e. The number of rotatable bonds is 6. The third kappa shape index (κ3) is 5.42. The van der Waals surface area contributed by atoms with E-state index in [1.54, 1.807) is 0 Å². The van der Waals surface area contributed by atoms with Crippen LogP contribution in [-0.2, 0) is 16.0 Å². The first-order valence-electron chi connectivity index (χ1n) is 12.8. The lowest BCUT2D eigenvalue weighted by Gasteiger charge is -2.43. The number of carbonyl (C=O) groups excluding carboxylic acids is 1. The fraction of sp³-hybridized carbons (Fsp3) is 0.536. The Hall–Kier alpha value is -2.37. The minimum absolute atomic E-state index is 0.0426. The molecule has 5 nitrogen and oxygen atoms in total. The van der Waals surface area contributed by atoms with Crippen molar-refractivity contribution in [2.75, 3.05) is 44.3 Å². The molecule has 5 rings (SSSR count). The van der Waals surface area contributed by atoms with Crippen molar-refractivity contribution in [2.24, 2.45) is 0 Å². The minimum Gasteiger partial charge on any atom is -0.370 e. The van der Waals surface area contributed by atoms with Crippen LogP contribution in [0.5, 0.6) is 0 Å². The zero-order valence-corrected chi connectivity index (χ0v) is 19.7. The molecular formula is C28H37N3O2. The number of nitrogens with one attached hydrogen (secondary N) is 1. The van der Waals surface area contributed by atoms with E-state index in [1.165, 1.54) is 48.1 Å². The molecule has 1 atom stereocenters. The summed E-state index contributed by atoms with van der Waals surface area (Å²) in [6, 6.07) is 18.5. The first-order chi connectivity index (χ1) is 16.3. The molecule has 1 aliphatic carbocycles. The van der Waals surface area contributed by atoms with Gasteiger partial charge < -0.3 is 15.0 Å². The maximum absolute atomic E-state index is 12.3. The molecule has 5 heteroatoms. The van der Waals surface area contributed by atoms with Gasteiger partial charge in [-0.15, -0.1) is 0 Å². The fourth-order valence-electron chi connectivity index (χ4n) is 5.81. The Morgan fingerprint density at radius 3 is 2.55 bits per heavy atom. The van der Waals surface area contributed by atoms with Crippen LogP contribution < -0.4 is 10.2 Å². The van der Waals surface area contributed by atoms with Crippen LogP contribution in [0, 0.1) is 0 Å². The van der Waals surface area contributed by atoms with Crippen molar-refractivity contribution in [3.05, 3.63) is 65.2 Å². The van der Waals surface area contributed by atoms with E-state index in [0.717, 1.165) is 45.4 Å².